The lowest BCUT2D eigenvalue weighted by Crippen LogP contribution is -2.46. The molecule has 2 aliphatic heterocycles. The lowest BCUT2D eigenvalue weighted by Gasteiger charge is -2.35. The molecule has 4 nitrogen and oxygen atoms in total. The molecule has 0 bridgehead atoms. The van der Waals surface area contributed by atoms with Gasteiger partial charge in [-0.2, -0.15) is 4.31 Å². The zero-order chi connectivity index (χ0) is 18.2. The van der Waals surface area contributed by atoms with Gasteiger partial charge in [0.25, 0.3) is 0 Å². The Morgan fingerprint density at radius 1 is 1.00 bits per heavy atom. The van der Waals surface area contributed by atoms with Gasteiger partial charge in [-0.25, -0.2) is 8.42 Å². The van der Waals surface area contributed by atoms with Crippen LogP contribution in [0.1, 0.15) is 24.8 Å². The van der Waals surface area contributed by atoms with Crippen molar-refractivity contribution >= 4 is 21.6 Å². The number of hydrogen-bond acceptors (Lipinski definition) is 3. The van der Waals surface area contributed by atoms with Crippen molar-refractivity contribution in [3.8, 4) is 0 Å². The average Bonchev–Trinajstić information content (AvgIpc) is 3.24. The van der Waals surface area contributed by atoms with Gasteiger partial charge in [0, 0.05) is 30.2 Å². The predicted octanol–water partition coefficient (Wildman–Crippen LogP) is 3.77. The second kappa shape index (κ2) is 6.97. The predicted molar refractivity (Wildman–Crippen MR) is 104 cm³/mol. The monoisotopic (exact) mass is 390 g/mol. The van der Waals surface area contributed by atoms with Crippen molar-refractivity contribution < 1.29 is 8.42 Å². The molecule has 2 heterocycles. The fourth-order valence-electron chi connectivity index (χ4n) is 4.32. The molecule has 4 rings (SSSR count). The Labute approximate surface area is 160 Å². The van der Waals surface area contributed by atoms with Gasteiger partial charge in [-0.3, -0.25) is 4.90 Å². The first-order chi connectivity index (χ1) is 12.5. The van der Waals surface area contributed by atoms with E-state index in [4.69, 9.17) is 11.6 Å². The molecule has 0 unspecified atom stereocenters. The normalized spacial score (nSPS) is 24.5. The van der Waals surface area contributed by atoms with Gasteiger partial charge < -0.3 is 0 Å². The van der Waals surface area contributed by atoms with Gasteiger partial charge in [0.1, 0.15) is 0 Å². The van der Waals surface area contributed by atoms with E-state index in [2.05, 4.69) is 11.0 Å². The maximum atomic E-state index is 13.0. The first-order valence-electron chi connectivity index (χ1n) is 9.04. The van der Waals surface area contributed by atoms with Gasteiger partial charge in [0.15, 0.2) is 0 Å². The third kappa shape index (κ3) is 3.29. The Morgan fingerprint density at radius 3 is 2.58 bits per heavy atom. The highest BCUT2D eigenvalue weighted by atomic mass is 35.5. The van der Waals surface area contributed by atoms with Crippen LogP contribution in [-0.4, -0.2) is 42.8 Å². The maximum absolute atomic E-state index is 13.0. The number of halogens is 1. The van der Waals surface area contributed by atoms with E-state index in [1.54, 1.807) is 28.6 Å². The summed E-state index contributed by atoms with van der Waals surface area (Å²) in [5, 5.41) is 0.746. The van der Waals surface area contributed by atoms with Crippen molar-refractivity contribution in [2.45, 2.75) is 36.2 Å². The molecular weight excluding hydrogens is 368 g/mol. The van der Waals surface area contributed by atoms with E-state index in [9.17, 15) is 8.42 Å². The summed E-state index contributed by atoms with van der Waals surface area (Å²) in [5.41, 5.74) is 1.13. The minimum absolute atomic E-state index is 0.0514. The van der Waals surface area contributed by atoms with Gasteiger partial charge in [0.2, 0.25) is 10.0 Å². The van der Waals surface area contributed by atoms with E-state index in [1.165, 1.54) is 5.56 Å². The lowest BCUT2D eigenvalue weighted by molar-refractivity contribution is 0.142. The van der Waals surface area contributed by atoms with Gasteiger partial charge in [-0.15, -0.1) is 0 Å². The molecule has 0 aromatic heterocycles. The van der Waals surface area contributed by atoms with Gasteiger partial charge in [0.05, 0.1) is 4.90 Å². The topological polar surface area (TPSA) is 40.6 Å². The molecule has 1 spiro atoms. The molecule has 0 radical (unpaired) electrons. The van der Waals surface area contributed by atoms with E-state index in [-0.39, 0.29) is 5.54 Å². The van der Waals surface area contributed by atoms with Crippen LogP contribution in [0.4, 0.5) is 0 Å². The molecule has 2 aliphatic rings. The van der Waals surface area contributed by atoms with Crippen LogP contribution in [0.3, 0.4) is 0 Å². The van der Waals surface area contributed by atoms with Crippen molar-refractivity contribution in [2.24, 2.45) is 0 Å². The summed E-state index contributed by atoms with van der Waals surface area (Å²) < 4.78 is 27.6. The molecule has 0 amide bonds. The van der Waals surface area contributed by atoms with Crippen LogP contribution in [0.2, 0.25) is 5.02 Å². The molecule has 2 aromatic rings. The molecule has 2 fully saturated rings. The second-order valence-electron chi connectivity index (χ2n) is 7.28. The summed E-state index contributed by atoms with van der Waals surface area (Å²) in [6, 6.07) is 16.7. The van der Waals surface area contributed by atoms with Crippen LogP contribution in [0, 0.1) is 0 Å². The third-order valence-corrected chi connectivity index (χ3v) is 7.78. The van der Waals surface area contributed by atoms with Crippen molar-refractivity contribution in [3.05, 3.63) is 65.2 Å². The molecular formula is C20H23ClN2O2S. The number of rotatable bonds is 4. The maximum Gasteiger partial charge on any atom is 0.243 e. The molecule has 2 aromatic carbocycles. The van der Waals surface area contributed by atoms with E-state index < -0.39 is 10.0 Å². The third-order valence-electron chi connectivity index (χ3n) is 5.68. The summed E-state index contributed by atoms with van der Waals surface area (Å²) in [6.07, 6.45) is 3.05. The molecule has 2 saturated heterocycles. The van der Waals surface area contributed by atoms with Crippen LogP contribution in [0.15, 0.2) is 59.5 Å². The number of likely N-dealkylation sites (tertiary alicyclic amines) is 1. The Hall–Kier alpha value is -1.40. The lowest BCUT2D eigenvalue weighted by atomic mass is 9.95. The standard InChI is InChI=1S/C20H23ClN2O2S/c21-18-7-4-6-17(14-18)15-22-12-5-10-20(22)11-13-23(16-20)26(24,25)19-8-2-1-3-9-19/h1-4,6-9,14H,5,10-13,15-16H2/t20-/m0/s1. The molecule has 138 valence electrons. The Morgan fingerprint density at radius 2 is 1.81 bits per heavy atom. The van der Waals surface area contributed by atoms with E-state index in [0.717, 1.165) is 37.4 Å². The Bertz CT molecular complexity index is 888. The number of benzene rings is 2. The van der Waals surface area contributed by atoms with E-state index in [1.807, 2.05) is 24.3 Å². The minimum atomic E-state index is -3.42. The summed E-state index contributed by atoms with van der Waals surface area (Å²) >= 11 is 6.13. The van der Waals surface area contributed by atoms with Crippen LogP contribution >= 0.6 is 11.6 Å². The number of hydrogen-bond donors (Lipinski definition) is 0. The largest absolute Gasteiger partial charge is 0.292 e. The van der Waals surface area contributed by atoms with Gasteiger partial charge in [-0.05, 0) is 55.6 Å². The summed E-state index contributed by atoms with van der Waals surface area (Å²) in [5.74, 6) is 0. The number of nitrogens with zero attached hydrogens (tertiary/aromatic N) is 2. The Kier molecular flexibility index (Phi) is 4.82. The highest BCUT2D eigenvalue weighted by molar-refractivity contribution is 7.89. The molecule has 1 atom stereocenters. The molecule has 26 heavy (non-hydrogen) atoms. The van der Waals surface area contributed by atoms with Gasteiger partial charge >= 0.3 is 0 Å². The Balaban J connectivity index is 1.54. The number of sulfonamides is 1. The van der Waals surface area contributed by atoms with Crippen LogP contribution in [0.5, 0.6) is 0 Å². The fourth-order valence-corrected chi connectivity index (χ4v) is 6.08. The van der Waals surface area contributed by atoms with Crippen LogP contribution in [0.25, 0.3) is 0 Å². The van der Waals surface area contributed by atoms with E-state index in [0.29, 0.717) is 18.0 Å². The zero-order valence-corrected chi connectivity index (χ0v) is 16.2. The summed E-state index contributed by atoms with van der Waals surface area (Å²) in [6.45, 7) is 2.99. The first-order valence-corrected chi connectivity index (χ1v) is 10.9. The van der Waals surface area contributed by atoms with Crippen LogP contribution < -0.4 is 0 Å². The van der Waals surface area contributed by atoms with Crippen molar-refractivity contribution in [1.29, 1.82) is 0 Å². The minimum Gasteiger partial charge on any atom is -0.292 e. The first kappa shape index (κ1) is 18.0. The van der Waals surface area contributed by atoms with Crippen molar-refractivity contribution in [3.63, 3.8) is 0 Å². The van der Waals surface area contributed by atoms with Gasteiger partial charge in [-0.1, -0.05) is 41.9 Å². The summed E-state index contributed by atoms with van der Waals surface area (Å²) in [7, 11) is -3.42. The molecule has 0 aliphatic carbocycles. The highest BCUT2D eigenvalue weighted by Crippen LogP contribution is 2.40. The molecule has 0 N–H and O–H groups in total. The van der Waals surface area contributed by atoms with E-state index >= 15 is 0 Å². The average molecular weight is 391 g/mol. The fraction of sp³-hybridized carbons (Fsp3) is 0.400. The second-order valence-corrected chi connectivity index (χ2v) is 9.66. The molecule has 0 saturated carbocycles. The summed E-state index contributed by atoms with van der Waals surface area (Å²) in [4.78, 5) is 2.84. The zero-order valence-electron chi connectivity index (χ0n) is 14.6. The van der Waals surface area contributed by atoms with Crippen molar-refractivity contribution in [1.82, 2.24) is 9.21 Å². The smallest absolute Gasteiger partial charge is 0.243 e. The quantitative estimate of drug-likeness (QED) is 0.797. The van der Waals surface area contributed by atoms with Crippen LogP contribution in [-0.2, 0) is 16.6 Å². The SMILES string of the molecule is O=S(=O)(c1ccccc1)N1CC[C@@]2(CCCN2Cc2cccc(Cl)c2)C1. The highest BCUT2D eigenvalue weighted by Gasteiger charge is 2.48. The molecule has 6 heteroatoms. The van der Waals surface area contributed by atoms with Crippen molar-refractivity contribution in [2.75, 3.05) is 19.6 Å².